The Labute approximate surface area is 144 Å². The van der Waals surface area contributed by atoms with E-state index in [1.54, 1.807) is 0 Å². The van der Waals surface area contributed by atoms with E-state index < -0.39 is 11.4 Å². The lowest BCUT2D eigenvalue weighted by Gasteiger charge is -2.29. The number of carbonyl (C=O) groups is 1. The molecule has 0 unspecified atom stereocenters. The number of aromatic amines is 1. The van der Waals surface area contributed by atoms with E-state index in [1.807, 2.05) is 0 Å². The summed E-state index contributed by atoms with van der Waals surface area (Å²) >= 11 is 0. The molecule has 1 amide bonds. The van der Waals surface area contributed by atoms with Crippen molar-refractivity contribution in [1.82, 2.24) is 15.2 Å². The molecule has 1 aromatic heterocycles. The first-order valence-corrected chi connectivity index (χ1v) is 8.54. The van der Waals surface area contributed by atoms with E-state index >= 15 is 0 Å². The first kappa shape index (κ1) is 17.6. The van der Waals surface area contributed by atoms with Crippen LogP contribution in [0.4, 0.5) is 4.39 Å². The molecule has 7 heteroatoms. The van der Waals surface area contributed by atoms with Crippen LogP contribution in [-0.2, 0) is 0 Å². The van der Waals surface area contributed by atoms with Gasteiger partial charge in [-0.1, -0.05) is 0 Å². The molecule has 2 heterocycles. The monoisotopic (exact) mass is 347 g/mol. The highest BCUT2D eigenvalue weighted by atomic mass is 19.1. The second kappa shape index (κ2) is 7.76. The number of likely N-dealkylation sites (tertiary alicyclic amines) is 1. The maximum absolute atomic E-state index is 13.3. The average Bonchev–Trinajstić information content (AvgIpc) is 2.59. The number of aromatic nitrogens is 1. The minimum absolute atomic E-state index is 0.190. The van der Waals surface area contributed by atoms with Crippen LogP contribution >= 0.6 is 0 Å². The first-order chi connectivity index (χ1) is 12.0. The molecule has 1 fully saturated rings. The smallest absolute Gasteiger partial charge is 0.252 e. The third kappa shape index (κ3) is 4.43. The molecule has 1 aliphatic rings. The summed E-state index contributed by atoms with van der Waals surface area (Å²) in [4.78, 5) is 28.9. The molecule has 1 aromatic carbocycles. The summed E-state index contributed by atoms with van der Waals surface area (Å²) in [7, 11) is 0. The van der Waals surface area contributed by atoms with Gasteiger partial charge in [0.1, 0.15) is 5.82 Å². The third-order valence-corrected chi connectivity index (χ3v) is 4.54. The number of H-pyrrole nitrogens is 1. The number of fused-ring (bicyclic) bond motifs is 1. The summed E-state index contributed by atoms with van der Waals surface area (Å²) in [6.07, 6.45) is 2.19. The summed E-state index contributed by atoms with van der Waals surface area (Å²) in [6.45, 7) is 3.10. The number of amides is 1. The molecule has 134 valence electrons. The van der Waals surface area contributed by atoms with E-state index in [1.165, 1.54) is 24.3 Å². The van der Waals surface area contributed by atoms with Gasteiger partial charge in [-0.3, -0.25) is 9.59 Å². The molecule has 3 rings (SSSR count). The van der Waals surface area contributed by atoms with Crippen LogP contribution in [0.15, 0.2) is 29.1 Å². The largest absolute Gasteiger partial charge is 0.393 e. The van der Waals surface area contributed by atoms with Gasteiger partial charge in [0.15, 0.2) is 0 Å². The summed E-state index contributed by atoms with van der Waals surface area (Å²) in [5, 5.41) is 12.8. The van der Waals surface area contributed by atoms with Crippen molar-refractivity contribution in [2.24, 2.45) is 0 Å². The number of piperidine rings is 1. The number of aliphatic hydroxyl groups excluding tert-OH is 1. The highest BCUT2D eigenvalue weighted by Gasteiger charge is 2.16. The molecular weight excluding hydrogens is 325 g/mol. The maximum Gasteiger partial charge on any atom is 0.252 e. The molecule has 0 aliphatic carbocycles. The Kier molecular flexibility index (Phi) is 5.45. The molecule has 6 nitrogen and oxygen atoms in total. The average molecular weight is 347 g/mol. The Bertz CT molecular complexity index is 813. The van der Waals surface area contributed by atoms with Gasteiger partial charge in [0, 0.05) is 31.1 Å². The number of hydrogen-bond acceptors (Lipinski definition) is 4. The van der Waals surface area contributed by atoms with Crippen LogP contribution in [0, 0.1) is 5.82 Å². The fourth-order valence-electron chi connectivity index (χ4n) is 3.16. The normalized spacial score (nSPS) is 16.2. The van der Waals surface area contributed by atoms with Gasteiger partial charge in [0.25, 0.3) is 5.91 Å². The fourth-order valence-corrected chi connectivity index (χ4v) is 3.16. The van der Waals surface area contributed by atoms with Crippen molar-refractivity contribution in [1.29, 1.82) is 0 Å². The van der Waals surface area contributed by atoms with E-state index in [0.29, 0.717) is 17.4 Å². The predicted octanol–water partition coefficient (Wildman–Crippen LogP) is 1.24. The van der Waals surface area contributed by atoms with Gasteiger partial charge in [-0.15, -0.1) is 0 Å². The van der Waals surface area contributed by atoms with Gasteiger partial charge < -0.3 is 20.3 Å². The van der Waals surface area contributed by atoms with Crippen molar-refractivity contribution in [3.05, 3.63) is 46.0 Å². The minimum Gasteiger partial charge on any atom is -0.393 e. The zero-order chi connectivity index (χ0) is 17.8. The fraction of sp³-hybridized carbons (Fsp3) is 0.444. The van der Waals surface area contributed by atoms with E-state index in [-0.39, 0.29) is 17.6 Å². The summed E-state index contributed by atoms with van der Waals surface area (Å²) in [5.41, 5.74) is 0.125. The minimum atomic E-state index is -0.465. The Morgan fingerprint density at radius 3 is 2.84 bits per heavy atom. The third-order valence-electron chi connectivity index (χ3n) is 4.54. The Balaban J connectivity index is 1.58. The summed E-state index contributed by atoms with van der Waals surface area (Å²) in [6, 6.07) is 5.21. The van der Waals surface area contributed by atoms with E-state index in [9.17, 15) is 19.1 Å². The van der Waals surface area contributed by atoms with Crippen LogP contribution in [0.2, 0.25) is 0 Å². The highest BCUT2D eigenvalue weighted by molar-refractivity contribution is 6.05. The zero-order valence-corrected chi connectivity index (χ0v) is 13.9. The van der Waals surface area contributed by atoms with Crippen molar-refractivity contribution in [2.75, 3.05) is 26.2 Å². The molecule has 2 aromatic rings. The Morgan fingerprint density at radius 2 is 2.08 bits per heavy atom. The van der Waals surface area contributed by atoms with Gasteiger partial charge in [0.2, 0.25) is 5.56 Å². The predicted molar refractivity (Wildman–Crippen MR) is 93.2 cm³/mol. The van der Waals surface area contributed by atoms with Crippen LogP contribution in [0.25, 0.3) is 10.9 Å². The summed E-state index contributed by atoms with van der Waals surface area (Å²) < 4.78 is 13.3. The van der Waals surface area contributed by atoms with Crippen molar-refractivity contribution >= 4 is 16.8 Å². The number of nitrogens with one attached hydrogen (secondary N) is 2. The van der Waals surface area contributed by atoms with Gasteiger partial charge in [-0.25, -0.2) is 4.39 Å². The number of hydrogen-bond donors (Lipinski definition) is 3. The molecule has 0 saturated carbocycles. The second-order valence-electron chi connectivity index (χ2n) is 6.42. The lowest BCUT2D eigenvalue weighted by Crippen LogP contribution is -2.37. The van der Waals surface area contributed by atoms with Crippen molar-refractivity contribution < 1.29 is 14.3 Å². The van der Waals surface area contributed by atoms with Crippen LogP contribution in [0.3, 0.4) is 0 Å². The molecule has 25 heavy (non-hydrogen) atoms. The topological polar surface area (TPSA) is 85.4 Å². The number of pyridine rings is 1. The van der Waals surface area contributed by atoms with Crippen LogP contribution in [0.5, 0.6) is 0 Å². The van der Waals surface area contributed by atoms with Crippen LogP contribution in [0.1, 0.15) is 29.6 Å². The molecule has 0 atom stereocenters. The number of halogens is 1. The molecule has 1 aliphatic heterocycles. The van der Waals surface area contributed by atoms with Crippen molar-refractivity contribution in [3.8, 4) is 0 Å². The van der Waals surface area contributed by atoms with Crippen LogP contribution < -0.4 is 10.9 Å². The first-order valence-electron chi connectivity index (χ1n) is 8.54. The standard InChI is InChI=1S/C18H22FN3O3/c19-12-2-3-14-15(11-17(24)21-16(14)10-12)18(25)20-6-1-7-22-8-4-13(23)5-9-22/h2-3,10-11,13,23H,1,4-9H2,(H,20,25)(H,21,24). The van der Waals surface area contributed by atoms with Gasteiger partial charge in [0.05, 0.1) is 17.2 Å². The number of aliphatic hydroxyl groups is 1. The lowest BCUT2D eigenvalue weighted by atomic mass is 10.1. The van der Waals surface area contributed by atoms with E-state index in [0.717, 1.165) is 38.9 Å². The number of carbonyl (C=O) groups excluding carboxylic acids is 1. The van der Waals surface area contributed by atoms with E-state index in [4.69, 9.17) is 0 Å². The quantitative estimate of drug-likeness (QED) is 0.711. The van der Waals surface area contributed by atoms with Gasteiger partial charge in [-0.05, 0) is 44.0 Å². The van der Waals surface area contributed by atoms with Gasteiger partial charge >= 0.3 is 0 Å². The molecule has 0 spiro atoms. The number of rotatable bonds is 5. The molecule has 0 radical (unpaired) electrons. The van der Waals surface area contributed by atoms with Gasteiger partial charge in [-0.2, -0.15) is 0 Å². The summed E-state index contributed by atoms with van der Waals surface area (Å²) in [5.74, 6) is -0.802. The van der Waals surface area contributed by atoms with Crippen molar-refractivity contribution in [3.63, 3.8) is 0 Å². The zero-order valence-electron chi connectivity index (χ0n) is 13.9. The molecular formula is C18H22FN3O3. The molecule has 3 N–H and O–H groups in total. The Morgan fingerprint density at radius 1 is 1.32 bits per heavy atom. The number of benzene rings is 1. The SMILES string of the molecule is O=C(NCCCN1CCC(O)CC1)c1cc(=O)[nH]c2cc(F)ccc12. The van der Waals surface area contributed by atoms with E-state index in [2.05, 4.69) is 15.2 Å². The van der Waals surface area contributed by atoms with Crippen LogP contribution in [-0.4, -0.2) is 53.2 Å². The number of nitrogens with zero attached hydrogens (tertiary/aromatic N) is 1. The maximum atomic E-state index is 13.3. The molecule has 0 bridgehead atoms. The lowest BCUT2D eigenvalue weighted by molar-refractivity contribution is 0.0816. The highest BCUT2D eigenvalue weighted by Crippen LogP contribution is 2.16. The second-order valence-corrected chi connectivity index (χ2v) is 6.42. The molecule has 1 saturated heterocycles. The van der Waals surface area contributed by atoms with Crippen molar-refractivity contribution in [2.45, 2.75) is 25.4 Å². The Hall–Kier alpha value is -2.25.